The van der Waals surface area contributed by atoms with E-state index in [9.17, 15) is 9.59 Å². The number of methoxy groups -OCH3 is 1. The summed E-state index contributed by atoms with van der Waals surface area (Å²) in [5.74, 6) is -0.720. The van der Waals surface area contributed by atoms with Crippen LogP contribution in [0.2, 0.25) is 0 Å². The number of thiophene rings is 1. The molecule has 0 unspecified atom stereocenters. The molecule has 1 heterocycles. The van der Waals surface area contributed by atoms with Gasteiger partial charge in [0.1, 0.15) is 10.6 Å². The molecule has 3 rings (SSSR count). The zero-order chi connectivity index (χ0) is 19.6. The highest BCUT2D eigenvalue weighted by Crippen LogP contribution is 2.36. The van der Waals surface area contributed by atoms with E-state index in [4.69, 9.17) is 4.74 Å². The van der Waals surface area contributed by atoms with Crippen molar-refractivity contribution >= 4 is 28.2 Å². The largest absolute Gasteiger partial charge is 0.465 e. The Morgan fingerprint density at radius 3 is 2.30 bits per heavy atom. The lowest BCUT2D eigenvalue weighted by atomic mass is 10.0. The van der Waals surface area contributed by atoms with Gasteiger partial charge in [-0.2, -0.15) is 0 Å². The van der Waals surface area contributed by atoms with Crippen LogP contribution < -0.4 is 5.32 Å². The lowest BCUT2D eigenvalue weighted by Gasteiger charge is -2.09. The zero-order valence-corrected chi connectivity index (χ0v) is 16.6. The summed E-state index contributed by atoms with van der Waals surface area (Å²) >= 11 is 1.32. The van der Waals surface area contributed by atoms with Gasteiger partial charge < -0.3 is 10.1 Å². The third-order valence-corrected chi connectivity index (χ3v) is 5.43. The summed E-state index contributed by atoms with van der Waals surface area (Å²) in [6.07, 6.45) is 0. The van der Waals surface area contributed by atoms with Crippen molar-refractivity contribution in [3.8, 4) is 11.1 Å². The highest BCUT2D eigenvalue weighted by Gasteiger charge is 2.22. The van der Waals surface area contributed by atoms with Gasteiger partial charge in [-0.25, -0.2) is 4.79 Å². The number of nitrogens with one attached hydrogen (secondary N) is 1. The van der Waals surface area contributed by atoms with Crippen LogP contribution in [0.15, 0.2) is 47.8 Å². The van der Waals surface area contributed by atoms with Crippen molar-refractivity contribution in [1.29, 1.82) is 0 Å². The standard InChI is InChI=1S/C22H21NO3S/c1-13-5-8-16(9-6-13)18-12-27-21(19(18)22(25)26-4)23-20(24)17-10-7-14(2)15(3)11-17/h5-12H,1-4H3,(H,23,24). The Morgan fingerprint density at radius 2 is 1.67 bits per heavy atom. The molecule has 1 N–H and O–H groups in total. The van der Waals surface area contributed by atoms with Gasteiger partial charge in [0.05, 0.1) is 7.11 Å². The predicted molar refractivity (Wildman–Crippen MR) is 110 cm³/mol. The van der Waals surface area contributed by atoms with Gasteiger partial charge in [0.2, 0.25) is 0 Å². The molecule has 1 aromatic heterocycles. The first-order valence-corrected chi connectivity index (χ1v) is 9.44. The molecule has 0 radical (unpaired) electrons. The van der Waals surface area contributed by atoms with Crippen LogP contribution >= 0.6 is 11.3 Å². The molecule has 138 valence electrons. The number of amides is 1. The molecule has 5 heteroatoms. The molecule has 2 aromatic carbocycles. The smallest absolute Gasteiger partial charge is 0.341 e. The molecule has 0 aliphatic heterocycles. The van der Waals surface area contributed by atoms with Crippen molar-refractivity contribution in [2.24, 2.45) is 0 Å². The minimum Gasteiger partial charge on any atom is -0.465 e. The molecule has 3 aromatic rings. The first kappa shape index (κ1) is 18.9. The molecule has 0 saturated carbocycles. The minimum absolute atomic E-state index is 0.249. The first-order chi connectivity index (χ1) is 12.9. The molecular weight excluding hydrogens is 358 g/mol. The Balaban J connectivity index is 1.97. The molecule has 0 aliphatic carbocycles. The Labute approximate surface area is 162 Å². The van der Waals surface area contributed by atoms with E-state index in [1.165, 1.54) is 18.4 Å². The summed E-state index contributed by atoms with van der Waals surface area (Å²) in [6, 6.07) is 13.4. The lowest BCUT2D eigenvalue weighted by molar-refractivity contribution is 0.0603. The number of rotatable bonds is 4. The van der Waals surface area contributed by atoms with E-state index < -0.39 is 5.97 Å². The van der Waals surface area contributed by atoms with E-state index >= 15 is 0 Å². The summed E-state index contributed by atoms with van der Waals surface area (Å²) in [5.41, 5.74) is 5.90. The van der Waals surface area contributed by atoms with Crippen molar-refractivity contribution in [1.82, 2.24) is 0 Å². The van der Waals surface area contributed by atoms with Crippen molar-refractivity contribution in [3.05, 3.63) is 75.7 Å². The zero-order valence-electron chi connectivity index (χ0n) is 15.8. The van der Waals surface area contributed by atoms with E-state index in [1.807, 2.05) is 62.5 Å². The minimum atomic E-state index is -0.470. The molecule has 0 bridgehead atoms. The molecule has 1 amide bonds. The SMILES string of the molecule is COC(=O)c1c(-c2ccc(C)cc2)csc1NC(=O)c1ccc(C)c(C)c1. The number of aryl methyl sites for hydroxylation is 3. The second kappa shape index (κ2) is 7.76. The van der Waals surface area contributed by atoms with E-state index in [0.717, 1.165) is 27.8 Å². The van der Waals surface area contributed by atoms with E-state index in [-0.39, 0.29) is 5.91 Å². The van der Waals surface area contributed by atoms with Crippen LogP contribution in [0.1, 0.15) is 37.4 Å². The number of anilines is 1. The Bertz CT molecular complexity index is 1000. The Hall–Kier alpha value is -2.92. The van der Waals surface area contributed by atoms with Gasteiger partial charge in [0.25, 0.3) is 5.91 Å². The van der Waals surface area contributed by atoms with Crippen LogP contribution in [0.4, 0.5) is 5.00 Å². The molecule has 0 saturated heterocycles. The quantitative estimate of drug-likeness (QED) is 0.619. The maximum Gasteiger partial charge on any atom is 0.341 e. The van der Waals surface area contributed by atoms with Crippen molar-refractivity contribution in [2.75, 3.05) is 12.4 Å². The second-order valence-corrected chi connectivity index (χ2v) is 7.34. The molecule has 0 atom stereocenters. The van der Waals surface area contributed by atoms with Crippen molar-refractivity contribution in [3.63, 3.8) is 0 Å². The van der Waals surface area contributed by atoms with Gasteiger partial charge in [0.15, 0.2) is 0 Å². The number of hydrogen-bond acceptors (Lipinski definition) is 4. The van der Waals surface area contributed by atoms with E-state index in [1.54, 1.807) is 6.07 Å². The molecule has 27 heavy (non-hydrogen) atoms. The van der Waals surface area contributed by atoms with Crippen LogP contribution in [-0.4, -0.2) is 19.0 Å². The normalized spacial score (nSPS) is 10.5. The molecule has 4 nitrogen and oxygen atoms in total. The predicted octanol–water partition coefficient (Wildman–Crippen LogP) is 5.38. The van der Waals surface area contributed by atoms with Crippen LogP contribution in [0.3, 0.4) is 0 Å². The van der Waals surface area contributed by atoms with Crippen molar-refractivity contribution < 1.29 is 14.3 Å². The van der Waals surface area contributed by atoms with Gasteiger partial charge in [-0.3, -0.25) is 4.79 Å². The highest BCUT2D eigenvalue weighted by atomic mass is 32.1. The number of ether oxygens (including phenoxy) is 1. The monoisotopic (exact) mass is 379 g/mol. The molecule has 0 spiro atoms. The average molecular weight is 379 g/mol. The third-order valence-electron chi connectivity index (χ3n) is 4.54. The number of carbonyl (C=O) groups is 2. The maximum atomic E-state index is 12.7. The van der Waals surface area contributed by atoms with Crippen LogP contribution in [0, 0.1) is 20.8 Å². The van der Waals surface area contributed by atoms with Crippen LogP contribution in [0.25, 0.3) is 11.1 Å². The van der Waals surface area contributed by atoms with E-state index in [2.05, 4.69) is 5.32 Å². The van der Waals surface area contributed by atoms with Crippen LogP contribution in [0.5, 0.6) is 0 Å². The van der Waals surface area contributed by atoms with Gasteiger partial charge in [-0.1, -0.05) is 35.9 Å². The Kier molecular flexibility index (Phi) is 5.42. The summed E-state index contributed by atoms with van der Waals surface area (Å²) in [5, 5.41) is 5.22. The fraction of sp³-hybridized carbons (Fsp3) is 0.182. The van der Waals surface area contributed by atoms with Gasteiger partial charge >= 0.3 is 5.97 Å². The molecular formula is C22H21NO3S. The summed E-state index contributed by atoms with van der Waals surface area (Å²) in [6.45, 7) is 5.97. The Morgan fingerprint density at radius 1 is 0.963 bits per heavy atom. The first-order valence-electron chi connectivity index (χ1n) is 8.56. The number of esters is 1. The topological polar surface area (TPSA) is 55.4 Å². The highest BCUT2D eigenvalue weighted by molar-refractivity contribution is 7.15. The molecule has 0 fully saturated rings. The summed E-state index contributed by atoms with van der Waals surface area (Å²) in [4.78, 5) is 25.1. The summed E-state index contributed by atoms with van der Waals surface area (Å²) < 4.78 is 4.96. The number of hydrogen-bond donors (Lipinski definition) is 1. The fourth-order valence-electron chi connectivity index (χ4n) is 2.76. The average Bonchev–Trinajstić information content (AvgIpc) is 3.07. The van der Waals surface area contributed by atoms with E-state index in [0.29, 0.717) is 16.1 Å². The van der Waals surface area contributed by atoms with Crippen LogP contribution in [-0.2, 0) is 4.74 Å². The lowest BCUT2D eigenvalue weighted by Crippen LogP contribution is -2.14. The van der Waals surface area contributed by atoms with Gasteiger partial charge in [0, 0.05) is 16.5 Å². The van der Waals surface area contributed by atoms with Gasteiger partial charge in [-0.15, -0.1) is 11.3 Å². The number of benzene rings is 2. The molecule has 0 aliphatic rings. The summed E-state index contributed by atoms with van der Waals surface area (Å²) in [7, 11) is 1.34. The van der Waals surface area contributed by atoms with Gasteiger partial charge in [-0.05, 0) is 49.6 Å². The van der Waals surface area contributed by atoms with Crippen molar-refractivity contribution in [2.45, 2.75) is 20.8 Å². The third kappa shape index (κ3) is 3.93. The number of carbonyl (C=O) groups excluding carboxylic acids is 2. The fourth-order valence-corrected chi connectivity index (χ4v) is 3.71. The maximum absolute atomic E-state index is 12.7. The second-order valence-electron chi connectivity index (χ2n) is 6.46.